The summed E-state index contributed by atoms with van der Waals surface area (Å²) in [6, 6.07) is 20.5. The number of halogens is 1. The van der Waals surface area contributed by atoms with Gasteiger partial charge in [0.15, 0.2) is 0 Å². The topological polar surface area (TPSA) is 45.7 Å². The molecule has 5 nitrogen and oxygen atoms in total. The number of hydrogen-bond acceptors (Lipinski definition) is 4. The summed E-state index contributed by atoms with van der Waals surface area (Å²) >= 11 is 0. The van der Waals surface area contributed by atoms with Gasteiger partial charge in [0.2, 0.25) is 0 Å². The highest BCUT2D eigenvalue weighted by Gasteiger charge is 2.24. The van der Waals surface area contributed by atoms with Crippen molar-refractivity contribution in [2.45, 2.75) is 20.0 Å². The first-order valence-electron chi connectivity index (χ1n) is 12.3. The molecule has 1 saturated heterocycles. The van der Waals surface area contributed by atoms with Crippen LogP contribution in [0.25, 0.3) is 10.9 Å². The van der Waals surface area contributed by atoms with Gasteiger partial charge >= 0.3 is 0 Å². The van der Waals surface area contributed by atoms with E-state index in [1.807, 2.05) is 60.5 Å². The molecule has 3 aromatic carbocycles. The first kappa shape index (κ1) is 23.9. The van der Waals surface area contributed by atoms with E-state index in [2.05, 4.69) is 11.9 Å². The number of hydrogen-bond donors (Lipinski definition) is 0. The van der Waals surface area contributed by atoms with Crippen LogP contribution in [0.2, 0.25) is 0 Å². The average molecular weight is 484 g/mol. The molecule has 6 heteroatoms. The van der Waals surface area contributed by atoms with Crippen molar-refractivity contribution in [2.24, 2.45) is 0 Å². The van der Waals surface area contributed by atoms with Crippen LogP contribution >= 0.6 is 0 Å². The van der Waals surface area contributed by atoms with Gasteiger partial charge in [0.05, 0.1) is 0 Å². The van der Waals surface area contributed by atoms with Gasteiger partial charge in [0, 0.05) is 43.3 Å². The number of benzene rings is 3. The van der Waals surface area contributed by atoms with Crippen molar-refractivity contribution in [3.8, 4) is 5.75 Å². The highest BCUT2D eigenvalue weighted by atomic mass is 19.1. The number of amides is 1. The second-order valence-corrected chi connectivity index (χ2v) is 9.48. The Morgan fingerprint density at radius 2 is 1.67 bits per heavy atom. The monoisotopic (exact) mass is 483 g/mol. The highest BCUT2D eigenvalue weighted by Crippen LogP contribution is 2.33. The van der Waals surface area contributed by atoms with Crippen molar-refractivity contribution in [3.63, 3.8) is 0 Å². The Morgan fingerprint density at radius 3 is 2.39 bits per heavy atom. The maximum Gasteiger partial charge on any atom is 0.254 e. The number of ether oxygens (including phenoxy) is 1. The zero-order valence-corrected chi connectivity index (χ0v) is 20.7. The van der Waals surface area contributed by atoms with Crippen LogP contribution in [0.4, 0.5) is 4.39 Å². The van der Waals surface area contributed by atoms with Gasteiger partial charge in [-0.2, -0.15) is 0 Å². The van der Waals surface area contributed by atoms with Gasteiger partial charge in [-0.05, 0) is 66.9 Å². The molecular weight excluding hydrogens is 453 g/mol. The van der Waals surface area contributed by atoms with Crippen LogP contribution in [0.1, 0.15) is 32.6 Å². The van der Waals surface area contributed by atoms with E-state index in [0.29, 0.717) is 42.9 Å². The summed E-state index contributed by atoms with van der Waals surface area (Å²) in [6.45, 7) is 5.50. The number of aryl methyl sites for hydroxylation is 1. The van der Waals surface area contributed by atoms with Crippen molar-refractivity contribution >= 4 is 16.8 Å². The molecule has 0 atom stereocenters. The molecule has 0 aliphatic carbocycles. The van der Waals surface area contributed by atoms with E-state index in [1.54, 1.807) is 12.1 Å². The van der Waals surface area contributed by atoms with Gasteiger partial charge in [0.1, 0.15) is 23.7 Å². The number of fused-ring (bicyclic) bond motifs is 1. The minimum Gasteiger partial charge on any atom is -0.486 e. The van der Waals surface area contributed by atoms with Gasteiger partial charge in [-0.15, -0.1) is 0 Å². The number of nitrogens with zero attached hydrogens (tertiary/aromatic N) is 3. The number of carbonyl (C=O) groups is 1. The lowest BCUT2D eigenvalue weighted by Crippen LogP contribution is -2.47. The number of likely N-dealkylation sites (N-methyl/N-ethyl adjacent to an activating group) is 1. The SMILES string of the molecule is Cc1cc(C(=O)N2CCN(C)CC2)c2cc(Cc3ccc(F)cc3)cnc2c1OCc1ccccc1. The third-order valence-electron chi connectivity index (χ3n) is 6.74. The zero-order valence-electron chi connectivity index (χ0n) is 20.7. The molecule has 1 aromatic heterocycles. The lowest BCUT2D eigenvalue weighted by molar-refractivity contribution is 0.0666. The van der Waals surface area contributed by atoms with Crippen LogP contribution < -0.4 is 4.74 Å². The third-order valence-corrected chi connectivity index (χ3v) is 6.74. The first-order valence-corrected chi connectivity index (χ1v) is 12.3. The summed E-state index contributed by atoms with van der Waals surface area (Å²) in [5.41, 5.74) is 5.22. The fourth-order valence-corrected chi connectivity index (χ4v) is 4.64. The molecule has 0 unspecified atom stereocenters. The van der Waals surface area contributed by atoms with Crippen LogP contribution in [-0.4, -0.2) is 53.9 Å². The Labute approximate surface area is 211 Å². The Bertz CT molecular complexity index is 1360. The summed E-state index contributed by atoms with van der Waals surface area (Å²) in [4.78, 5) is 22.6. The Kier molecular flexibility index (Phi) is 6.96. The van der Waals surface area contributed by atoms with E-state index < -0.39 is 0 Å². The van der Waals surface area contributed by atoms with Crippen molar-refractivity contribution in [1.29, 1.82) is 0 Å². The third kappa shape index (κ3) is 5.24. The molecule has 184 valence electrons. The lowest BCUT2D eigenvalue weighted by atomic mass is 9.98. The molecule has 4 aromatic rings. The zero-order chi connectivity index (χ0) is 25.1. The van der Waals surface area contributed by atoms with E-state index in [0.717, 1.165) is 40.7 Å². The Balaban J connectivity index is 1.54. The molecule has 1 aliphatic heterocycles. The summed E-state index contributed by atoms with van der Waals surface area (Å²) in [7, 11) is 2.08. The van der Waals surface area contributed by atoms with Crippen LogP contribution in [0, 0.1) is 12.7 Å². The maximum absolute atomic E-state index is 13.7. The lowest BCUT2D eigenvalue weighted by Gasteiger charge is -2.32. The molecule has 0 bridgehead atoms. The quantitative estimate of drug-likeness (QED) is 0.376. The fraction of sp³-hybridized carbons (Fsp3) is 0.267. The van der Waals surface area contributed by atoms with E-state index in [9.17, 15) is 9.18 Å². The molecule has 5 rings (SSSR count). The molecule has 0 N–H and O–H groups in total. The van der Waals surface area contributed by atoms with Crippen LogP contribution in [0.3, 0.4) is 0 Å². The normalized spacial score (nSPS) is 14.2. The van der Waals surface area contributed by atoms with Crippen LogP contribution in [0.5, 0.6) is 5.75 Å². The Hall–Kier alpha value is -3.77. The Morgan fingerprint density at radius 1 is 0.944 bits per heavy atom. The van der Waals surface area contributed by atoms with Crippen LogP contribution in [-0.2, 0) is 13.0 Å². The molecule has 1 aliphatic rings. The van der Waals surface area contributed by atoms with Gasteiger partial charge in [-0.1, -0.05) is 42.5 Å². The molecule has 1 amide bonds. The molecule has 0 spiro atoms. The predicted molar refractivity (Wildman–Crippen MR) is 140 cm³/mol. The van der Waals surface area contributed by atoms with Gasteiger partial charge in [0.25, 0.3) is 5.91 Å². The molecule has 36 heavy (non-hydrogen) atoms. The molecule has 0 radical (unpaired) electrons. The number of rotatable bonds is 6. The van der Waals surface area contributed by atoms with Gasteiger partial charge in [-0.3, -0.25) is 9.78 Å². The van der Waals surface area contributed by atoms with Crippen LogP contribution in [0.15, 0.2) is 72.9 Å². The largest absolute Gasteiger partial charge is 0.486 e. The maximum atomic E-state index is 13.7. The number of carbonyl (C=O) groups excluding carboxylic acids is 1. The number of piperazine rings is 1. The number of pyridine rings is 1. The minimum atomic E-state index is -0.258. The second-order valence-electron chi connectivity index (χ2n) is 9.48. The summed E-state index contributed by atoms with van der Waals surface area (Å²) < 4.78 is 19.6. The van der Waals surface area contributed by atoms with E-state index in [-0.39, 0.29) is 11.7 Å². The smallest absolute Gasteiger partial charge is 0.254 e. The van der Waals surface area contributed by atoms with E-state index in [1.165, 1.54) is 12.1 Å². The van der Waals surface area contributed by atoms with Gasteiger partial charge in [-0.25, -0.2) is 4.39 Å². The molecule has 0 saturated carbocycles. The average Bonchev–Trinajstić information content (AvgIpc) is 2.90. The van der Waals surface area contributed by atoms with Crippen molar-refractivity contribution < 1.29 is 13.9 Å². The fourth-order valence-electron chi connectivity index (χ4n) is 4.64. The second kappa shape index (κ2) is 10.5. The molecule has 1 fully saturated rings. The predicted octanol–water partition coefficient (Wildman–Crippen LogP) is 5.24. The summed E-state index contributed by atoms with van der Waals surface area (Å²) in [5.74, 6) is 0.454. The highest BCUT2D eigenvalue weighted by molar-refractivity contribution is 6.08. The molecule has 2 heterocycles. The standard InChI is InChI=1S/C30H30FN3O2/c1-21-16-27(30(35)34-14-12-33(2)13-15-34)26-18-24(17-22-8-10-25(31)11-9-22)19-32-28(26)29(21)36-20-23-6-4-3-5-7-23/h3-11,16,18-19H,12-15,17,20H2,1-2H3. The molecular formula is C30H30FN3O2. The van der Waals surface area contributed by atoms with Gasteiger partial charge < -0.3 is 14.5 Å². The summed E-state index contributed by atoms with van der Waals surface area (Å²) in [5, 5.41) is 0.784. The van der Waals surface area contributed by atoms with Crippen molar-refractivity contribution in [1.82, 2.24) is 14.8 Å². The van der Waals surface area contributed by atoms with Crippen molar-refractivity contribution in [3.05, 3.63) is 107 Å². The number of aromatic nitrogens is 1. The first-order chi connectivity index (χ1) is 17.5. The van der Waals surface area contributed by atoms with Crippen molar-refractivity contribution in [2.75, 3.05) is 33.2 Å². The van der Waals surface area contributed by atoms with E-state index in [4.69, 9.17) is 9.72 Å². The summed E-state index contributed by atoms with van der Waals surface area (Å²) in [6.07, 6.45) is 2.42. The minimum absolute atomic E-state index is 0.0199. The van der Waals surface area contributed by atoms with E-state index >= 15 is 0 Å².